The molecule has 0 atom stereocenters. The lowest BCUT2D eigenvalue weighted by molar-refractivity contribution is 0.343. The highest BCUT2D eigenvalue weighted by molar-refractivity contribution is 7.27. The van der Waals surface area contributed by atoms with Gasteiger partial charge in [0.05, 0.1) is 23.0 Å². The number of rotatable bonds is 6. The van der Waals surface area contributed by atoms with Crippen LogP contribution in [0, 0.1) is 0 Å². The summed E-state index contributed by atoms with van der Waals surface area (Å²) in [5.41, 5.74) is 0. The van der Waals surface area contributed by atoms with Crippen molar-refractivity contribution in [2.75, 3.05) is 13.2 Å². The van der Waals surface area contributed by atoms with Gasteiger partial charge in [-0.1, -0.05) is 0 Å². The Labute approximate surface area is 179 Å². The molecule has 0 unspecified atom stereocenters. The van der Waals surface area contributed by atoms with Gasteiger partial charge in [-0.25, -0.2) is 0 Å². The highest BCUT2D eigenvalue weighted by Crippen LogP contribution is 2.46. The standard InChI is InChI=1S/C22H18O2S4/c1-3-23-15-5-7-25-21(15)19-11-13-9-18-14(10-17(13)27-19)12-20(28-18)22-16(24-4-2)6-8-26-22/h5-12H,3-4H2,1-2H3. The van der Waals surface area contributed by atoms with E-state index in [1.54, 1.807) is 22.7 Å². The highest BCUT2D eigenvalue weighted by Gasteiger charge is 2.15. The summed E-state index contributed by atoms with van der Waals surface area (Å²) in [6.45, 7) is 5.45. The third-order valence-corrected chi connectivity index (χ3v) is 8.81. The van der Waals surface area contributed by atoms with Gasteiger partial charge in [-0.2, -0.15) is 0 Å². The van der Waals surface area contributed by atoms with Gasteiger partial charge in [0.15, 0.2) is 0 Å². The Bertz CT molecular complexity index is 1110. The van der Waals surface area contributed by atoms with Crippen LogP contribution >= 0.6 is 45.3 Å². The molecule has 5 rings (SSSR count). The summed E-state index contributed by atoms with van der Waals surface area (Å²) in [4.78, 5) is 5.02. The summed E-state index contributed by atoms with van der Waals surface area (Å²) in [5.74, 6) is 1.98. The molecule has 0 amide bonds. The highest BCUT2D eigenvalue weighted by atomic mass is 32.1. The SMILES string of the molecule is CCOc1ccsc1-c1cc2cc3sc(-c4sccc4OCC)cc3cc2s1. The number of ether oxygens (including phenoxy) is 2. The monoisotopic (exact) mass is 442 g/mol. The maximum absolute atomic E-state index is 5.79. The van der Waals surface area contributed by atoms with Crippen LogP contribution in [0.3, 0.4) is 0 Å². The van der Waals surface area contributed by atoms with E-state index in [0.29, 0.717) is 13.2 Å². The molecule has 142 valence electrons. The molecule has 2 nitrogen and oxygen atoms in total. The summed E-state index contributed by atoms with van der Waals surface area (Å²) < 4.78 is 14.2. The Morgan fingerprint density at radius 3 is 1.57 bits per heavy atom. The predicted octanol–water partition coefficient (Wildman–Crippen LogP) is 8.37. The van der Waals surface area contributed by atoms with Gasteiger partial charge in [0.1, 0.15) is 11.5 Å². The molecule has 1 aromatic carbocycles. The predicted molar refractivity (Wildman–Crippen MR) is 126 cm³/mol. The second-order valence-electron chi connectivity index (χ2n) is 6.24. The molecule has 0 aliphatic heterocycles. The fourth-order valence-corrected chi connectivity index (χ4v) is 7.39. The van der Waals surface area contributed by atoms with Crippen molar-refractivity contribution < 1.29 is 9.47 Å². The van der Waals surface area contributed by atoms with Crippen LogP contribution < -0.4 is 9.47 Å². The Kier molecular flexibility index (Phi) is 4.88. The van der Waals surface area contributed by atoms with E-state index in [0.717, 1.165) is 11.5 Å². The minimum absolute atomic E-state index is 0.694. The van der Waals surface area contributed by atoms with Crippen molar-refractivity contribution in [2.24, 2.45) is 0 Å². The summed E-state index contributed by atoms with van der Waals surface area (Å²) in [7, 11) is 0. The van der Waals surface area contributed by atoms with Gasteiger partial charge in [-0.15, -0.1) is 45.3 Å². The summed E-state index contributed by atoms with van der Waals surface area (Å²) >= 11 is 7.17. The van der Waals surface area contributed by atoms with Gasteiger partial charge in [0.2, 0.25) is 0 Å². The van der Waals surface area contributed by atoms with E-state index in [-0.39, 0.29) is 0 Å². The largest absolute Gasteiger partial charge is 0.492 e. The zero-order chi connectivity index (χ0) is 19.1. The minimum Gasteiger partial charge on any atom is -0.492 e. The third kappa shape index (κ3) is 3.14. The fourth-order valence-electron chi connectivity index (χ4n) is 3.29. The van der Waals surface area contributed by atoms with Crippen LogP contribution in [0.15, 0.2) is 47.2 Å². The van der Waals surface area contributed by atoms with Crippen molar-refractivity contribution in [3.05, 3.63) is 47.2 Å². The van der Waals surface area contributed by atoms with Crippen molar-refractivity contribution in [3.63, 3.8) is 0 Å². The average molecular weight is 443 g/mol. The van der Waals surface area contributed by atoms with Crippen LogP contribution in [0.1, 0.15) is 13.8 Å². The van der Waals surface area contributed by atoms with Crippen molar-refractivity contribution in [1.29, 1.82) is 0 Å². The van der Waals surface area contributed by atoms with Gasteiger partial charge < -0.3 is 9.47 Å². The van der Waals surface area contributed by atoms with Gasteiger partial charge in [-0.05, 0) is 71.8 Å². The number of hydrogen-bond donors (Lipinski definition) is 0. The van der Waals surface area contributed by atoms with Crippen molar-refractivity contribution >= 4 is 65.5 Å². The topological polar surface area (TPSA) is 18.5 Å². The Morgan fingerprint density at radius 1 is 0.679 bits per heavy atom. The molecule has 0 fully saturated rings. The van der Waals surface area contributed by atoms with Crippen LogP contribution in [-0.2, 0) is 0 Å². The summed E-state index contributed by atoms with van der Waals surface area (Å²) in [6, 6.07) is 13.4. The summed E-state index contributed by atoms with van der Waals surface area (Å²) in [6.07, 6.45) is 0. The second kappa shape index (κ2) is 7.52. The van der Waals surface area contributed by atoms with Crippen molar-refractivity contribution in [1.82, 2.24) is 0 Å². The van der Waals surface area contributed by atoms with Crippen molar-refractivity contribution in [2.45, 2.75) is 13.8 Å². The molecule has 28 heavy (non-hydrogen) atoms. The molecule has 0 spiro atoms. The smallest absolute Gasteiger partial charge is 0.138 e. The molecule has 4 aromatic heterocycles. The maximum atomic E-state index is 5.79. The molecular weight excluding hydrogens is 425 g/mol. The quantitative estimate of drug-likeness (QED) is 0.263. The number of hydrogen-bond acceptors (Lipinski definition) is 6. The fraction of sp³-hybridized carbons (Fsp3) is 0.182. The first kappa shape index (κ1) is 18.2. The third-order valence-electron chi connectivity index (χ3n) is 4.46. The zero-order valence-electron chi connectivity index (χ0n) is 15.5. The average Bonchev–Trinajstić information content (AvgIpc) is 3.45. The molecule has 0 saturated carbocycles. The molecule has 4 heterocycles. The van der Waals surface area contributed by atoms with Gasteiger partial charge >= 0.3 is 0 Å². The Morgan fingerprint density at radius 2 is 1.14 bits per heavy atom. The van der Waals surface area contributed by atoms with E-state index in [2.05, 4.69) is 47.2 Å². The second-order valence-corrected chi connectivity index (χ2v) is 10.2. The molecule has 0 N–H and O–H groups in total. The van der Waals surface area contributed by atoms with E-state index in [1.165, 1.54) is 39.7 Å². The van der Waals surface area contributed by atoms with E-state index >= 15 is 0 Å². The zero-order valence-corrected chi connectivity index (χ0v) is 18.7. The van der Waals surface area contributed by atoms with Crippen molar-refractivity contribution in [3.8, 4) is 31.0 Å². The van der Waals surface area contributed by atoms with Crippen LogP contribution in [0.25, 0.3) is 39.7 Å². The molecule has 0 aliphatic carbocycles. The molecule has 0 radical (unpaired) electrons. The lowest BCUT2D eigenvalue weighted by Gasteiger charge is -2.01. The van der Waals surface area contributed by atoms with Crippen LogP contribution in [-0.4, -0.2) is 13.2 Å². The van der Waals surface area contributed by atoms with E-state index in [4.69, 9.17) is 9.47 Å². The first-order chi connectivity index (χ1) is 13.8. The Hall–Kier alpha value is -1.86. The lowest BCUT2D eigenvalue weighted by Crippen LogP contribution is -1.89. The summed E-state index contributed by atoms with van der Waals surface area (Å²) in [5, 5.41) is 6.81. The Balaban J connectivity index is 1.57. The molecule has 0 aliphatic rings. The maximum Gasteiger partial charge on any atom is 0.138 e. The molecule has 0 saturated heterocycles. The first-order valence-electron chi connectivity index (χ1n) is 9.15. The van der Waals surface area contributed by atoms with Crippen LogP contribution in [0.5, 0.6) is 11.5 Å². The van der Waals surface area contributed by atoms with Gasteiger partial charge in [-0.3, -0.25) is 0 Å². The molecule has 0 bridgehead atoms. The molecular formula is C22H18O2S4. The molecule has 6 heteroatoms. The van der Waals surface area contributed by atoms with E-state index < -0.39 is 0 Å². The first-order valence-corrected chi connectivity index (χ1v) is 12.5. The number of benzene rings is 1. The number of thiophene rings is 4. The van der Waals surface area contributed by atoms with Gasteiger partial charge in [0, 0.05) is 19.2 Å². The van der Waals surface area contributed by atoms with Crippen LogP contribution in [0.2, 0.25) is 0 Å². The molecule has 5 aromatic rings. The van der Waals surface area contributed by atoms with E-state index in [1.807, 2.05) is 36.5 Å². The minimum atomic E-state index is 0.694. The lowest BCUT2D eigenvalue weighted by atomic mass is 10.2. The number of fused-ring (bicyclic) bond motifs is 2. The van der Waals surface area contributed by atoms with E-state index in [9.17, 15) is 0 Å². The normalized spacial score (nSPS) is 11.5. The van der Waals surface area contributed by atoms with Gasteiger partial charge in [0.25, 0.3) is 0 Å². The van der Waals surface area contributed by atoms with Crippen LogP contribution in [0.4, 0.5) is 0 Å².